The van der Waals surface area contributed by atoms with Crippen LogP contribution >= 0.6 is 11.6 Å². The Morgan fingerprint density at radius 3 is 2.80 bits per heavy atom. The van der Waals surface area contributed by atoms with E-state index in [9.17, 15) is 13.6 Å². The Balaban J connectivity index is 2.68. The van der Waals surface area contributed by atoms with Crippen molar-refractivity contribution in [2.24, 2.45) is 0 Å². The molecule has 0 fully saturated rings. The third-order valence-electron chi connectivity index (χ3n) is 1.77. The normalized spacial score (nSPS) is 10.1. The van der Waals surface area contributed by atoms with Crippen LogP contribution in [0.5, 0.6) is 0 Å². The van der Waals surface area contributed by atoms with Crippen LogP contribution in [0.4, 0.5) is 8.78 Å². The zero-order valence-electron chi connectivity index (χ0n) is 7.90. The fraction of sp³-hybridized carbons (Fsp3) is 0.300. The fourth-order valence-electron chi connectivity index (χ4n) is 1.04. The number of amides is 1. The van der Waals surface area contributed by atoms with E-state index in [1.165, 1.54) is 0 Å². The predicted octanol–water partition coefficient (Wildman–Crippen LogP) is 2.32. The first-order valence-corrected chi connectivity index (χ1v) is 4.98. The predicted molar refractivity (Wildman–Crippen MR) is 54.0 cm³/mol. The van der Waals surface area contributed by atoms with Gasteiger partial charge in [-0.2, -0.15) is 0 Å². The number of carbonyl (C=O) groups excluding carboxylic acids is 1. The lowest BCUT2D eigenvalue weighted by atomic mass is 10.2. The molecule has 1 N–H and O–H groups in total. The summed E-state index contributed by atoms with van der Waals surface area (Å²) in [6, 6.07) is 2.75. The minimum absolute atomic E-state index is 0.287. The zero-order chi connectivity index (χ0) is 11.3. The van der Waals surface area contributed by atoms with Crippen molar-refractivity contribution in [2.75, 3.05) is 12.4 Å². The summed E-state index contributed by atoms with van der Waals surface area (Å²) < 4.78 is 25.8. The Kier molecular flexibility index (Phi) is 4.49. The van der Waals surface area contributed by atoms with Crippen LogP contribution in [0.25, 0.3) is 0 Å². The summed E-state index contributed by atoms with van der Waals surface area (Å²) in [5.41, 5.74) is -0.287. The maximum absolute atomic E-state index is 13.1. The minimum Gasteiger partial charge on any atom is -0.352 e. The molecule has 1 amide bonds. The standard InChI is InChI=1S/C10H10ClF2NO/c11-4-1-5-14-10(15)8-6-7(12)2-3-9(8)13/h2-3,6H,1,4-5H2,(H,14,15). The average molecular weight is 234 g/mol. The Morgan fingerprint density at radius 1 is 1.40 bits per heavy atom. The zero-order valence-corrected chi connectivity index (χ0v) is 8.65. The third-order valence-corrected chi connectivity index (χ3v) is 2.04. The van der Waals surface area contributed by atoms with E-state index >= 15 is 0 Å². The van der Waals surface area contributed by atoms with Gasteiger partial charge in [0.1, 0.15) is 11.6 Å². The van der Waals surface area contributed by atoms with Gasteiger partial charge in [0.15, 0.2) is 0 Å². The molecule has 0 saturated carbocycles. The lowest BCUT2D eigenvalue weighted by Crippen LogP contribution is -2.25. The lowest BCUT2D eigenvalue weighted by Gasteiger charge is -2.04. The van der Waals surface area contributed by atoms with E-state index in [4.69, 9.17) is 11.6 Å². The van der Waals surface area contributed by atoms with Crippen molar-refractivity contribution in [3.63, 3.8) is 0 Å². The molecule has 15 heavy (non-hydrogen) atoms. The quantitative estimate of drug-likeness (QED) is 0.628. The third kappa shape index (κ3) is 3.47. The molecule has 1 aromatic rings. The molecule has 0 spiro atoms. The molecule has 0 aliphatic carbocycles. The van der Waals surface area contributed by atoms with Gasteiger partial charge in [0.05, 0.1) is 5.56 Å². The van der Waals surface area contributed by atoms with Gasteiger partial charge in [-0.15, -0.1) is 11.6 Å². The van der Waals surface area contributed by atoms with Crippen molar-refractivity contribution >= 4 is 17.5 Å². The second kappa shape index (κ2) is 5.66. The highest BCUT2D eigenvalue weighted by molar-refractivity contribution is 6.17. The van der Waals surface area contributed by atoms with Gasteiger partial charge in [0.2, 0.25) is 0 Å². The van der Waals surface area contributed by atoms with E-state index in [0.717, 1.165) is 18.2 Å². The second-order valence-corrected chi connectivity index (χ2v) is 3.30. The smallest absolute Gasteiger partial charge is 0.254 e. The van der Waals surface area contributed by atoms with Crippen LogP contribution < -0.4 is 5.32 Å². The van der Waals surface area contributed by atoms with Crippen LogP contribution in [0.3, 0.4) is 0 Å². The van der Waals surface area contributed by atoms with Crippen LogP contribution in [0.2, 0.25) is 0 Å². The first-order chi connectivity index (χ1) is 7.15. The van der Waals surface area contributed by atoms with Gasteiger partial charge in [-0.3, -0.25) is 4.79 Å². The van der Waals surface area contributed by atoms with Crippen LogP contribution in [-0.2, 0) is 0 Å². The van der Waals surface area contributed by atoms with E-state index in [0.29, 0.717) is 18.8 Å². The van der Waals surface area contributed by atoms with E-state index in [-0.39, 0.29) is 5.56 Å². The molecule has 0 bridgehead atoms. The maximum atomic E-state index is 13.1. The molecule has 0 radical (unpaired) electrons. The molecule has 5 heteroatoms. The van der Waals surface area contributed by atoms with Crippen LogP contribution in [0.1, 0.15) is 16.8 Å². The number of rotatable bonds is 4. The van der Waals surface area contributed by atoms with Crippen LogP contribution in [0.15, 0.2) is 18.2 Å². The molecular weight excluding hydrogens is 224 g/mol. The number of alkyl halides is 1. The molecule has 0 heterocycles. The Hall–Kier alpha value is -1.16. The fourth-order valence-corrected chi connectivity index (χ4v) is 1.17. The highest BCUT2D eigenvalue weighted by atomic mass is 35.5. The molecule has 0 atom stereocenters. The maximum Gasteiger partial charge on any atom is 0.254 e. The van der Waals surface area contributed by atoms with E-state index in [2.05, 4.69) is 5.32 Å². The summed E-state index contributed by atoms with van der Waals surface area (Å²) in [6.07, 6.45) is 0.588. The second-order valence-electron chi connectivity index (χ2n) is 2.92. The van der Waals surface area contributed by atoms with Gasteiger partial charge in [-0.1, -0.05) is 0 Å². The summed E-state index contributed by atoms with van der Waals surface area (Å²) in [6.45, 7) is 0.346. The van der Waals surface area contributed by atoms with Crippen molar-refractivity contribution in [3.8, 4) is 0 Å². The highest BCUT2D eigenvalue weighted by Gasteiger charge is 2.11. The molecule has 0 saturated heterocycles. The first kappa shape index (κ1) is 11.9. The van der Waals surface area contributed by atoms with Gasteiger partial charge in [0.25, 0.3) is 5.91 Å². The number of carbonyl (C=O) groups is 1. The molecule has 1 aromatic carbocycles. The van der Waals surface area contributed by atoms with Gasteiger partial charge in [0, 0.05) is 12.4 Å². The monoisotopic (exact) mass is 233 g/mol. The Labute approximate surface area is 91.2 Å². The van der Waals surface area contributed by atoms with Gasteiger partial charge in [-0.25, -0.2) is 8.78 Å². The largest absolute Gasteiger partial charge is 0.352 e. The number of benzene rings is 1. The van der Waals surface area contributed by atoms with Crippen molar-refractivity contribution in [1.29, 1.82) is 0 Å². The Bertz CT molecular complexity index is 357. The molecule has 0 unspecified atom stereocenters. The summed E-state index contributed by atoms with van der Waals surface area (Å²) in [7, 11) is 0. The number of nitrogens with one attached hydrogen (secondary N) is 1. The minimum atomic E-state index is -0.736. The average Bonchev–Trinajstić information content (AvgIpc) is 2.22. The topological polar surface area (TPSA) is 29.1 Å². The van der Waals surface area contributed by atoms with Crippen molar-refractivity contribution < 1.29 is 13.6 Å². The summed E-state index contributed by atoms with van der Waals surface area (Å²) in [5.74, 6) is -1.60. The van der Waals surface area contributed by atoms with Crippen molar-refractivity contribution in [3.05, 3.63) is 35.4 Å². The van der Waals surface area contributed by atoms with Gasteiger partial charge in [-0.05, 0) is 24.6 Å². The molecule has 0 aromatic heterocycles. The highest BCUT2D eigenvalue weighted by Crippen LogP contribution is 2.09. The molecular formula is C10H10ClF2NO. The summed E-state index contributed by atoms with van der Waals surface area (Å²) in [5, 5.41) is 2.44. The van der Waals surface area contributed by atoms with E-state index < -0.39 is 17.5 Å². The van der Waals surface area contributed by atoms with Crippen LogP contribution in [0, 0.1) is 11.6 Å². The molecule has 0 aliphatic rings. The SMILES string of the molecule is O=C(NCCCCl)c1cc(F)ccc1F. The van der Waals surface area contributed by atoms with Gasteiger partial charge < -0.3 is 5.32 Å². The molecule has 2 nitrogen and oxygen atoms in total. The first-order valence-electron chi connectivity index (χ1n) is 4.44. The van der Waals surface area contributed by atoms with Crippen molar-refractivity contribution in [1.82, 2.24) is 5.32 Å². The molecule has 1 rings (SSSR count). The lowest BCUT2D eigenvalue weighted by molar-refractivity contribution is 0.0949. The number of hydrogen-bond donors (Lipinski definition) is 1. The van der Waals surface area contributed by atoms with E-state index in [1.54, 1.807) is 0 Å². The van der Waals surface area contributed by atoms with Gasteiger partial charge >= 0.3 is 0 Å². The molecule has 0 aliphatic heterocycles. The number of halogens is 3. The van der Waals surface area contributed by atoms with Crippen LogP contribution in [-0.4, -0.2) is 18.3 Å². The summed E-state index contributed by atoms with van der Waals surface area (Å²) in [4.78, 5) is 11.3. The molecule has 82 valence electrons. The summed E-state index contributed by atoms with van der Waals surface area (Å²) >= 11 is 5.40. The van der Waals surface area contributed by atoms with E-state index in [1.807, 2.05) is 0 Å². The van der Waals surface area contributed by atoms with Crippen molar-refractivity contribution in [2.45, 2.75) is 6.42 Å². The number of hydrogen-bond acceptors (Lipinski definition) is 1. The Morgan fingerprint density at radius 2 is 2.13 bits per heavy atom.